The van der Waals surface area contributed by atoms with Crippen LogP contribution in [-0.2, 0) is 14.3 Å². The van der Waals surface area contributed by atoms with E-state index in [0.29, 0.717) is 12.8 Å². The van der Waals surface area contributed by atoms with Gasteiger partial charge in [-0.15, -0.1) is 0 Å². The van der Waals surface area contributed by atoms with Crippen molar-refractivity contribution in [2.24, 2.45) is 0 Å². The second-order valence-electron chi connectivity index (χ2n) is 14.5. The van der Waals surface area contributed by atoms with E-state index in [1.807, 2.05) is 0 Å². The van der Waals surface area contributed by atoms with Gasteiger partial charge in [0.05, 0.1) is 0 Å². The number of hydrogen-bond acceptors (Lipinski definition) is 3. The van der Waals surface area contributed by atoms with Crippen LogP contribution in [0.2, 0.25) is 0 Å². The smallest absolute Gasteiger partial charge is 0.306 e. The van der Waals surface area contributed by atoms with E-state index < -0.39 is 5.97 Å². The van der Waals surface area contributed by atoms with Crippen LogP contribution in [0, 0.1) is 0 Å². The Labute approximate surface area is 288 Å². The maximum absolute atomic E-state index is 12.6. The quantitative estimate of drug-likeness (QED) is 0.0531. The van der Waals surface area contributed by atoms with Gasteiger partial charge in [-0.25, -0.2) is 0 Å². The maximum Gasteiger partial charge on any atom is 0.306 e. The zero-order valence-corrected chi connectivity index (χ0v) is 31.4. The van der Waals surface area contributed by atoms with Gasteiger partial charge in [0.1, 0.15) is 6.10 Å². The van der Waals surface area contributed by atoms with E-state index in [2.05, 4.69) is 13.8 Å². The zero-order chi connectivity index (χ0) is 33.6. The summed E-state index contributed by atoms with van der Waals surface area (Å²) in [5.74, 6) is -0.744. The van der Waals surface area contributed by atoms with Crippen molar-refractivity contribution in [1.29, 1.82) is 0 Å². The highest BCUT2D eigenvalue weighted by atomic mass is 16.5. The molecule has 0 saturated carbocycles. The SMILES string of the molecule is CCCCCCCCCCCCCCCCCCCCCCCC(=O)OC(CCCCCCCCCCC)CCCCCC(=O)O. The van der Waals surface area contributed by atoms with Crippen LogP contribution in [0.15, 0.2) is 0 Å². The Morgan fingerprint density at radius 2 is 0.652 bits per heavy atom. The van der Waals surface area contributed by atoms with Crippen LogP contribution in [0.3, 0.4) is 0 Å². The normalized spacial score (nSPS) is 12.0. The number of unbranched alkanes of at least 4 members (excludes halogenated alkanes) is 30. The first-order chi connectivity index (χ1) is 22.6. The standard InChI is InChI=1S/C42H82O4/c1-3-5-7-9-11-13-14-15-16-17-18-19-20-21-22-23-24-26-28-30-35-39-42(45)46-40(37-33-31-34-38-41(43)44)36-32-29-27-25-12-10-8-6-4-2/h40H,3-39H2,1-2H3,(H,43,44). The molecule has 4 heteroatoms. The Morgan fingerprint density at radius 3 is 0.978 bits per heavy atom. The van der Waals surface area contributed by atoms with Crippen molar-refractivity contribution in [3.05, 3.63) is 0 Å². The second-order valence-corrected chi connectivity index (χ2v) is 14.5. The van der Waals surface area contributed by atoms with E-state index in [1.165, 1.54) is 173 Å². The van der Waals surface area contributed by atoms with Gasteiger partial charge < -0.3 is 9.84 Å². The molecule has 4 nitrogen and oxygen atoms in total. The topological polar surface area (TPSA) is 63.6 Å². The molecule has 0 spiro atoms. The minimum absolute atomic E-state index is 0.0109. The third-order valence-electron chi connectivity index (χ3n) is 9.83. The van der Waals surface area contributed by atoms with Gasteiger partial charge in [-0.05, 0) is 38.5 Å². The van der Waals surface area contributed by atoms with E-state index in [4.69, 9.17) is 9.84 Å². The molecule has 0 aliphatic heterocycles. The molecule has 0 rings (SSSR count). The number of hydrogen-bond donors (Lipinski definition) is 1. The summed E-state index contributed by atoms with van der Waals surface area (Å²) in [4.78, 5) is 23.4. The molecular weight excluding hydrogens is 568 g/mol. The highest BCUT2D eigenvalue weighted by molar-refractivity contribution is 5.69. The van der Waals surface area contributed by atoms with Gasteiger partial charge in [-0.1, -0.05) is 200 Å². The van der Waals surface area contributed by atoms with Crippen molar-refractivity contribution in [3.8, 4) is 0 Å². The molecule has 1 atom stereocenters. The molecule has 0 aromatic heterocycles. The number of carbonyl (C=O) groups excluding carboxylic acids is 1. The van der Waals surface area contributed by atoms with Crippen LogP contribution in [0.1, 0.15) is 251 Å². The van der Waals surface area contributed by atoms with Crippen molar-refractivity contribution >= 4 is 11.9 Å². The average Bonchev–Trinajstić information content (AvgIpc) is 3.04. The predicted octanol–water partition coefficient (Wildman–Crippen LogP) is 14.5. The summed E-state index contributed by atoms with van der Waals surface area (Å²) in [6.07, 6.45) is 45.7. The number of carboxylic acid groups (broad SMARTS) is 1. The Morgan fingerprint density at radius 1 is 0.391 bits per heavy atom. The second kappa shape index (κ2) is 38.4. The van der Waals surface area contributed by atoms with Crippen LogP contribution in [0.25, 0.3) is 0 Å². The van der Waals surface area contributed by atoms with Crippen molar-refractivity contribution < 1.29 is 19.4 Å². The molecule has 0 aliphatic carbocycles. The Kier molecular flexibility index (Phi) is 37.5. The van der Waals surface area contributed by atoms with Crippen LogP contribution in [0.4, 0.5) is 0 Å². The molecule has 0 heterocycles. The fourth-order valence-electron chi connectivity index (χ4n) is 6.72. The third-order valence-corrected chi connectivity index (χ3v) is 9.83. The number of carbonyl (C=O) groups is 2. The molecule has 274 valence electrons. The largest absolute Gasteiger partial charge is 0.481 e. The summed E-state index contributed by atoms with van der Waals surface area (Å²) in [6.45, 7) is 4.56. The highest BCUT2D eigenvalue weighted by Gasteiger charge is 2.14. The van der Waals surface area contributed by atoms with Gasteiger partial charge in [0.25, 0.3) is 0 Å². The van der Waals surface area contributed by atoms with E-state index in [1.54, 1.807) is 0 Å². The fraction of sp³-hybridized carbons (Fsp3) is 0.952. The van der Waals surface area contributed by atoms with Crippen molar-refractivity contribution in [1.82, 2.24) is 0 Å². The third kappa shape index (κ3) is 37.4. The summed E-state index contributed by atoms with van der Waals surface area (Å²) in [5.41, 5.74) is 0. The summed E-state index contributed by atoms with van der Waals surface area (Å²) in [7, 11) is 0. The maximum atomic E-state index is 12.6. The van der Waals surface area contributed by atoms with Crippen LogP contribution >= 0.6 is 0 Å². The van der Waals surface area contributed by atoms with E-state index in [0.717, 1.165) is 44.9 Å². The number of ether oxygens (including phenoxy) is 1. The van der Waals surface area contributed by atoms with Gasteiger partial charge in [-0.2, -0.15) is 0 Å². The molecule has 1 unspecified atom stereocenters. The van der Waals surface area contributed by atoms with Crippen LogP contribution in [-0.4, -0.2) is 23.1 Å². The summed E-state index contributed by atoms with van der Waals surface area (Å²) < 4.78 is 5.94. The molecule has 0 aliphatic rings. The Bertz CT molecular complexity index is 619. The molecule has 46 heavy (non-hydrogen) atoms. The molecule has 0 amide bonds. The Hall–Kier alpha value is -1.06. The molecule has 0 fully saturated rings. The molecule has 0 aromatic rings. The lowest BCUT2D eigenvalue weighted by molar-refractivity contribution is -0.150. The van der Waals surface area contributed by atoms with Gasteiger partial charge in [-0.3, -0.25) is 9.59 Å². The average molecular weight is 651 g/mol. The van der Waals surface area contributed by atoms with Crippen LogP contribution < -0.4 is 0 Å². The highest BCUT2D eigenvalue weighted by Crippen LogP contribution is 2.19. The molecule has 0 aromatic carbocycles. The first kappa shape index (κ1) is 44.9. The minimum atomic E-state index is -0.720. The van der Waals surface area contributed by atoms with E-state index in [-0.39, 0.29) is 18.5 Å². The van der Waals surface area contributed by atoms with Crippen LogP contribution in [0.5, 0.6) is 0 Å². The molecule has 0 saturated heterocycles. The van der Waals surface area contributed by atoms with Crippen molar-refractivity contribution in [2.75, 3.05) is 0 Å². The van der Waals surface area contributed by atoms with Crippen molar-refractivity contribution in [2.45, 2.75) is 258 Å². The first-order valence-corrected chi connectivity index (χ1v) is 21.0. The first-order valence-electron chi connectivity index (χ1n) is 21.0. The fourth-order valence-corrected chi connectivity index (χ4v) is 6.72. The van der Waals surface area contributed by atoms with Gasteiger partial charge in [0.2, 0.25) is 0 Å². The number of carboxylic acids is 1. The lowest BCUT2D eigenvalue weighted by Gasteiger charge is -2.18. The molecule has 0 radical (unpaired) electrons. The number of aliphatic carboxylic acids is 1. The number of rotatable bonds is 39. The van der Waals surface area contributed by atoms with E-state index >= 15 is 0 Å². The summed E-state index contributed by atoms with van der Waals surface area (Å²) >= 11 is 0. The zero-order valence-electron chi connectivity index (χ0n) is 31.4. The van der Waals surface area contributed by atoms with Gasteiger partial charge in [0.15, 0.2) is 0 Å². The Balaban J connectivity index is 3.72. The van der Waals surface area contributed by atoms with Gasteiger partial charge in [0, 0.05) is 12.8 Å². The summed E-state index contributed by atoms with van der Waals surface area (Å²) in [5, 5.41) is 8.88. The lowest BCUT2D eigenvalue weighted by Crippen LogP contribution is -2.18. The van der Waals surface area contributed by atoms with Crippen molar-refractivity contribution in [3.63, 3.8) is 0 Å². The molecular formula is C42H82O4. The predicted molar refractivity (Wildman–Crippen MR) is 200 cm³/mol. The van der Waals surface area contributed by atoms with Gasteiger partial charge >= 0.3 is 11.9 Å². The monoisotopic (exact) mass is 651 g/mol. The van der Waals surface area contributed by atoms with E-state index in [9.17, 15) is 9.59 Å². The minimum Gasteiger partial charge on any atom is -0.481 e. The molecule has 0 bridgehead atoms. The summed E-state index contributed by atoms with van der Waals surface area (Å²) in [6, 6.07) is 0. The molecule has 1 N–H and O–H groups in total. The lowest BCUT2D eigenvalue weighted by atomic mass is 10.0. The number of esters is 1.